The van der Waals surface area contributed by atoms with Gasteiger partial charge in [-0.3, -0.25) is 14.4 Å². The minimum atomic E-state index is -0.833. The first kappa shape index (κ1) is 29.2. The molecule has 0 fully saturated rings. The first-order chi connectivity index (χ1) is 6.61. The van der Waals surface area contributed by atoms with Gasteiger partial charge in [-0.15, -0.1) is 4.91 Å². The number of carboxylic acids is 3. The summed E-state index contributed by atoms with van der Waals surface area (Å²) in [4.78, 5) is 35.1. The largest absolute Gasteiger partial charge is 0.481 e. The summed E-state index contributed by atoms with van der Waals surface area (Å²) in [5, 5.41) is 30.1. The molecular formula is C6H13NNiO8. The Kier molecular flexibility index (Phi) is 53.4. The van der Waals surface area contributed by atoms with Crippen molar-refractivity contribution < 1.29 is 51.4 Å². The van der Waals surface area contributed by atoms with Gasteiger partial charge >= 0.3 is 0 Å². The van der Waals surface area contributed by atoms with Crippen molar-refractivity contribution in [1.29, 1.82) is 0 Å². The number of aliphatic carboxylic acids is 3. The fraction of sp³-hybridized carbons (Fsp3) is 0.500. The van der Waals surface area contributed by atoms with Gasteiger partial charge in [0, 0.05) is 37.3 Å². The maximum atomic E-state index is 9.00. The van der Waals surface area contributed by atoms with Gasteiger partial charge in [0.25, 0.3) is 17.9 Å². The average molecular weight is 286 g/mol. The molecule has 0 spiro atoms. The van der Waals surface area contributed by atoms with E-state index in [4.69, 9.17) is 39.8 Å². The molecule has 0 aromatic carbocycles. The van der Waals surface area contributed by atoms with E-state index in [1.54, 1.807) is 0 Å². The number of hydrogen-bond donors (Lipinski definition) is 4. The van der Waals surface area contributed by atoms with Crippen LogP contribution >= 0.6 is 0 Å². The zero-order valence-electron chi connectivity index (χ0n) is 8.69. The van der Waals surface area contributed by atoms with Crippen LogP contribution < -0.4 is 0 Å². The van der Waals surface area contributed by atoms with Crippen molar-refractivity contribution in [3.63, 3.8) is 0 Å². The van der Waals surface area contributed by atoms with Crippen LogP contribution in [-0.4, -0.2) is 38.4 Å². The predicted molar refractivity (Wildman–Crippen MR) is 47.5 cm³/mol. The fourth-order valence-electron chi connectivity index (χ4n) is 0. The molecule has 0 aliphatic carbocycles. The molecule has 0 rings (SSSR count). The first-order valence-corrected chi connectivity index (χ1v) is 3.17. The minimum Gasteiger partial charge on any atom is -0.481 e. The zero-order valence-corrected chi connectivity index (χ0v) is 9.67. The van der Waals surface area contributed by atoms with Crippen LogP contribution in [0.4, 0.5) is 0 Å². The Bertz CT molecular complexity index is 154. The summed E-state index contributed by atoms with van der Waals surface area (Å²) in [6.07, 6.45) is 0. The topological polar surface area (TPSA) is 162 Å². The summed E-state index contributed by atoms with van der Waals surface area (Å²) in [6, 6.07) is 0. The van der Waals surface area contributed by atoms with E-state index in [1.165, 1.54) is 5.34 Å². The van der Waals surface area contributed by atoms with Gasteiger partial charge in [0.2, 0.25) is 0 Å². The van der Waals surface area contributed by atoms with Crippen LogP contribution in [0.1, 0.15) is 20.8 Å². The molecule has 0 bridgehead atoms. The molecule has 100 valence electrons. The smallest absolute Gasteiger partial charge is 0.300 e. The molecule has 0 heterocycles. The van der Waals surface area contributed by atoms with Gasteiger partial charge in [-0.1, -0.05) is 0 Å². The second-order valence-electron chi connectivity index (χ2n) is 1.64. The van der Waals surface area contributed by atoms with Crippen LogP contribution in [0.5, 0.6) is 0 Å². The predicted octanol–water partition coefficient (Wildman–Crippen LogP) is 0.412. The molecule has 10 heteroatoms. The number of hydrogen-bond acceptors (Lipinski definition) is 5. The second kappa shape index (κ2) is 29.2. The number of carboxylic acid groups (broad SMARTS) is 3. The molecule has 9 nitrogen and oxygen atoms in total. The quantitative estimate of drug-likeness (QED) is 0.282. The maximum absolute atomic E-state index is 9.00. The van der Waals surface area contributed by atoms with Crippen molar-refractivity contribution in [2.75, 3.05) is 0 Å². The van der Waals surface area contributed by atoms with Gasteiger partial charge < -0.3 is 20.5 Å². The minimum absolute atomic E-state index is 0. The Morgan fingerprint density at radius 2 is 0.812 bits per heavy atom. The molecule has 0 atom stereocenters. The van der Waals surface area contributed by atoms with Gasteiger partial charge in [0.1, 0.15) is 0 Å². The molecule has 0 saturated carbocycles. The third kappa shape index (κ3) is 546. The summed E-state index contributed by atoms with van der Waals surface area (Å²) in [5.74, 6) is -2.50. The van der Waals surface area contributed by atoms with Gasteiger partial charge in [0.05, 0.1) is 0 Å². The molecule has 0 amide bonds. The Morgan fingerprint density at radius 1 is 0.812 bits per heavy atom. The SMILES string of the molecule is CC(=O)O.CC(=O)O.CC(=O)O.O=NO.[Ni]. The summed E-state index contributed by atoms with van der Waals surface area (Å²) >= 11 is 0. The third-order valence-corrected chi connectivity index (χ3v) is 0. The Morgan fingerprint density at radius 3 is 0.812 bits per heavy atom. The number of carbonyl (C=O) groups is 3. The van der Waals surface area contributed by atoms with E-state index < -0.39 is 17.9 Å². The van der Waals surface area contributed by atoms with E-state index in [-0.39, 0.29) is 16.5 Å². The Hall–Kier alpha value is -1.70. The molecule has 0 aliphatic rings. The van der Waals surface area contributed by atoms with E-state index in [9.17, 15) is 0 Å². The van der Waals surface area contributed by atoms with Crippen LogP contribution in [0.3, 0.4) is 0 Å². The van der Waals surface area contributed by atoms with Crippen molar-refractivity contribution in [2.24, 2.45) is 5.34 Å². The summed E-state index contributed by atoms with van der Waals surface area (Å²) in [5.41, 5.74) is 0. The first-order valence-electron chi connectivity index (χ1n) is 3.17. The zero-order chi connectivity index (χ0) is 13.4. The fourth-order valence-corrected chi connectivity index (χ4v) is 0. The number of rotatable bonds is 0. The monoisotopic (exact) mass is 285 g/mol. The van der Waals surface area contributed by atoms with E-state index in [1.807, 2.05) is 0 Å². The Balaban J connectivity index is -0.0000000331. The summed E-state index contributed by atoms with van der Waals surface area (Å²) in [7, 11) is 0. The normalized spacial score (nSPS) is 5.44. The van der Waals surface area contributed by atoms with Gasteiger partial charge in [-0.25, -0.2) is 0 Å². The molecule has 0 aliphatic heterocycles. The van der Waals surface area contributed by atoms with Crippen LogP contribution in [-0.2, 0) is 30.9 Å². The average Bonchev–Trinajstić information content (AvgIpc) is 1.81. The van der Waals surface area contributed by atoms with Crippen molar-refractivity contribution in [1.82, 2.24) is 0 Å². The van der Waals surface area contributed by atoms with Gasteiger partial charge in [-0.05, 0) is 0 Å². The molecule has 0 unspecified atom stereocenters. The molecule has 0 aromatic heterocycles. The molecule has 0 aromatic rings. The van der Waals surface area contributed by atoms with Crippen LogP contribution in [0.2, 0.25) is 0 Å². The third-order valence-electron chi connectivity index (χ3n) is 0. The van der Waals surface area contributed by atoms with Crippen molar-refractivity contribution in [3.8, 4) is 0 Å². The van der Waals surface area contributed by atoms with E-state index in [0.29, 0.717) is 0 Å². The Labute approximate surface area is 101 Å². The van der Waals surface area contributed by atoms with Crippen LogP contribution in [0.25, 0.3) is 0 Å². The molecule has 0 saturated heterocycles. The standard InChI is InChI=1S/3C2H4O2.HNO2.Ni/c3*1-2(3)4;2-1-3;/h3*1H3,(H,3,4);(H,2,3);. The van der Waals surface area contributed by atoms with E-state index in [0.717, 1.165) is 20.8 Å². The van der Waals surface area contributed by atoms with Crippen LogP contribution in [0, 0.1) is 4.91 Å². The van der Waals surface area contributed by atoms with E-state index >= 15 is 0 Å². The number of nitrogens with zero attached hydrogens (tertiary/aromatic N) is 1. The van der Waals surface area contributed by atoms with E-state index in [2.05, 4.69) is 0 Å². The summed E-state index contributed by atoms with van der Waals surface area (Å²) < 4.78 is 0. The van der Waals surface area contributed by atoms with Gasteiger partial charge in [-0.2, -0.15) is 0 Å². The molecule has 16 heavy (non-hydrogen) atoms. The molecule has 4 N–H and O–H groups in total. The molecular weight excluding hydrogens is 273 g/mol. The van der Waals surface area contributed by atoms with Gasteiger partial charge in [0.15, 0.2) is 5.34 Å². The maximum Gasteiger partial charge on any atom is 0.300 e. The molecule has 0 radical (unpaired) electrons. The van der Waals surface area contributed by atoms with Crippen molar-refractivity contribution in [3.05, 3.63) is 4.91 Å². The van der Waals surface area contributed by atoms with Crippen LogP contribution in [0.15, 0.2) is 5.34 Å². The second-order valence-corrected chi connectivity index (χ2v) is 1.64. The van der Waals surface area contributed by atoms with Crippen molar-refractivity contribution >= 4 is 17.9 Å². The van der Waals surface area contributed by atoms with Crippen molar-refractivity contribution in [2.45, 2.75) is 20.8 Å². The summed E-state index contributed by atoms with van der Waals surface area (Å²) in [6.45, 7) is 3.25.